The van der Waals surface area contributed by atoms with Gasteiger partial charge in [0, 0.05) is 12.0 Å². The van der Waals surface area contributed by atoms with Crippen LogP contribution in [0.5, 0.6) is 0 Å². The molecule has 98 valence electrons. The Hall–Kier alpha value is -1.71. The fourth-order valence-corrected chi connectivity index (χ4v) is 1.61. The molecule has 0 unspecified atom stereocenters. The number of benzene rings is 1. The van der Waals surface area contributed by atoms with E-state index < -0.39 is 0 Å². The Morgan fingerprint density at radius 3 is 2.28 bits per heavy atom. The maximum atomic E-state index is 12.8. The summed E-state index contributed by atoms with van der Waals surface area (Å²) in [5, 5.41) is 2.71. The maximum absolute atomic E-state index is 12.8. The van der Waals surface area contributed by atoms with E-state index in [-0.39, 0.29) is 29.3 Å². The third-order valence-corrected chi connectivity index (χ3v) is 2.76. The van der Waals surface area contributed by atoms with Crippen molar-refractivity contribution in [2.75, 3.05) is 6.54 Å². The Morgan fingerprint density at radius 2 is 1.78 bits per heavy atom. The van der Waals surface area contributed by atoms with Crippen molar-refractivity contribution in [2.24, 2.45) is 0 Å². The van der Waals surface area contributed by atoms with Gasteiger partial charge in [-0.05, 0) is 24.6 Å². The van der Waals surface area contributed by atoms with Crippen LogP contribution in [0.3, 0.4) is 0 Å². The minimum Gasteiger partial charge on any atom is -0.355 e. The van der Waals surface area contributed by atoms with Crippen LogP contribution in [0, 0.1) is 5.82 Å². The molecule has 0 spiro atoms. The van der Waals surface area contributed by atoms with E-state index in [1.165, 1.54) is 19.1 Å². The van der Waals surface area contributed by atoms with Crippen LogP contribution in [0.15, 0.2) is 24.3 Å². The summed E-state index contributed by atoms with van der Waals surface area (Å²) in [6.45, 7) is 5.69. The highest BCUT2D eigenvalue weighted by molar-refractivity contribution is 5.96. The highest BCUT2D eigenvalue weighted by atomic mass is 19.1. The van der Waals surface area contributed by atoms with E-state index >= 15 is 0 Å². The molecule has 0 saturated heterocycles. The predicted molar refractivity (Wildman–Crippen MR) is 67.7 cm³/mol. The van der Waals surface area contributed by atoms with Crippen LogP contribution in [0.2, 0.25) is 0 Å². The van der Waals surface area contributed by atoms with Crippen LogP contribution in [0.1, 0.15) is 32.8 Å². The molecule has 0 aliphatic carbocycles. The minimum absolute atomic E-state index is 0.0977. The molecule has 0 saturated carbocycles. The largest absolute Gasteiger partial charge is 0.355 e. The molecule has 1 rings (SSSR count). The lowest BCUT2D eigenvalue weighted by atomic mass is 9.84. The molecule has 0 heterocycles. The number of Topliss-reactive ketones (excluding diaryl/α,β-unsaturated/α-hetero) is 1. The number of halogens is 1. The molecule has 1 aromatic carbocycles. The number of rotatable bonds is 5. The summed E-state index contributed by atoms with van der Waals surface area (Å²) in [5.74, 6) is -0.722. The second kappa shape index (κ2) is 5.76. The van der Waals surface area contributed by atoms with Gasteiger partial charge in [-0.1, -0.05) is 26.0 Å². The first-order valence-electron chi connectivity index (χ1n) is 5.83. The van der Waals surface area contributed by atoms with Gasteiger partial charge in [0.15, 0.2) is 0 Å². The highest BCUT2D eigenvalue weighted by Crippen LogP contribution is 2.22. The monoisotopic (exact) mass is 251 g/mol. The number of hydrogen-bond acceptors (Lipinski definition) is 2. The topological polar surface area (TPSA) is 46.2 Å². The molecule has 1 N–H and O–H groups in total. The Labute approximate surface area is 106 Å². The summed E-state index contributed by atoms with van der Waals surface area (Å²) in [6.07, 6.45) is -0.0977. The number of nitrogens with one attached hydrogen (secondary N) is 1. The zero-order chi connectivity index (χ0) is 13.8. The van der Waals surface area contributed by atoms with Crippen LogP contribution in [0.4, 0.5) is 4.39 Å². The molecule has 0 aliphatic heterocycles. The third-order valence-electron chi connectivity index (χ3n) is 2.76. The molecule has 0 fully saturated rings. The molecule has 4 heteroatoms. The van der Waals surface area contributed by atoms with Crippen LogP contribution in [-0.4, -0.2) is 18.2 Å². The smallest absolute Gasteiger partial charge is 0.227 e. The van der Waals surface area contributed by atoms with Gasteiger partial charge in [0.25, 0.3) is 0 Å². The quantitative estimate of drug-likeness (QED) is 0.815. The van der Waals surface area contributed by atoms with Gasteiger partial charge in [0.2, 0.25) is 5.91 Å². The number of amides is 1. The van der Waals surface area contributed by atoms with Crippen molar-refractivity contribution in [2.45, 2.75) is 32.6 Å². The zero-order valence-electron chi connectivity index (χ0n) is 10.9. The van der Waals surface area contributed by atoms with Crippen LogP contribution < -0.4 is 5.32 Å². The van der Waals surface area contributed by atoms with Gasteiger partial charge in [-0.3, -0.25) is 9.59 Å². The van der Waals surface area contributed by atoms with Crippen molar-refractivity contribution in [1.29, 1.82) is 0 Å². The first-order chi connectivity index (χ1) is 8.31. The van der Waals surface area contributed by atoms with Crippen molar-refractivity contribution in [3.8, 4) is 0 Å². The number of ketones is 1. The Bertz CT molecular complexity index is 438. The zero-order valence-corrected chi connectivity index (χ0v) is 10.9. The molecule has 0 aliphatic rings. The average Bonchev–Trinajstić information content (AvgIpc) is 2.26. The van der Waals surface area contributed by atoms with Gasteiger partial charge >= 0.3 is 0 Å². The lowest BCUT2D eigenvalue weighted by molar-refractivity contribution is -0.127. The lowest BCUT2D eigenvalue weighted by Crippen LogP contribution is -2.37. The SMILES string of the molecule is CC(=O)CC(=O)NCC(C)(C)c1ccc(F)cc1. The van der Waals surface area contributed by atoms with Gasteiger partial charge in [-0.2, -0.15) is 0 Å². The van der Waals surface area contributed by atoms with Gasteiger partial charge < -0.3 is 5.32 Å². The normalized spacial score (nSPS) is 11.1. The molecular formula is C14H18FNO2. The summed E-state index contributed by atoms with van der Waals surface area (Å²) >= 11 is 0. The van der Waals surface area contributed by atoms with E-state index in [0.717, 1.165) is 5.56 Å². The first-order valence-corrected chi connectivity index (χ1v) is 5.83. The van der Waals surface area contributed by atoms with Crippen molar-refractivity contribution in [3.05, 3.63) is 35.6 Å². The summed E-state index contributed by atoms with van der Waals surface area (Å²) < 4.78 is 12.8. The average molecular weight is 251 g/mol. The molecular weight excluding hydrogens is 233 g/mol. The molecule has 0 atom stereocenters. The maximum Gasteiger partial charge on any atom is 0.227 e. The number of hydrogen-bond donors (Lipinski definition) is 1. The van der Waals surface area contributed by atoms with E-state index in [0.29, 0.717) is 6.54 Å². The van der Waals surface area contributed by atoms with Crippen molar-refractivity contribution >= 4 is 11.7 Å². The van der Waals surface area contributed by atoms with E-state index in [9.17, 15) is 14.0 Å². The van der Waals surface area contributed by atoms with Crippen molar-refractivity contribution in [1.82, 2.24) is 5.32 Å². The summed E-state index contributed by atoms with van der Waals surface area (Å²) in [4.78, 5) is 22.2. The summed E-state index contributed by atoms with van der Waals surface area (Å²) in [5.41, 5.74) is 0.632. The van der Waals surface area contributed by atoms with Gasteiger partial charge in [0.05, 0.1) is 6.42 Å². The van der Waals surface area contributed by atoms with Gasteiger partial charge in [0.1, 0.15) is 11.6 Å². The molecule has 0 radical (unpaired) electrons. The standard InChI is InChI=1S/C14H18FNO2/c1-10(17)8-13(18)16-9-14(2,3)11-4-6-12(15)7-5-11/h4-7H,8-9H2,1-3H3,(H,16,18). The highest BCUT2D eigenvalue weighted by Gasteiger charge is 2.21. The first kappa shape index (κ1) is 14.4. The van der Waals surface area contributed by atoms with Crippen molar-refractivity contribution < 1.29 is 14.0 Å². The second-order valence-electron chi connectivity index (χ2n) is 5.05. The van der Waals surface area contributed by atoms with Crippen LogP contribution >= 0.6 is 0 Å². The Kier molecular flexibility index (Phi) is 4.59. The van der Waals surface area contributed by atoms with E-state index in [1.54, 1.807) is 12.1 Å². The summed E-state index contributed by atoms with van der Waals surface area (Å²) in [7, 11) is 0. The number of carbonyl (C=O) groups is 2. The minimum atomic E-state index is -0.305. The third kappa shape index (κ3) is 4.28. The number of carbonyl (C=O) groups excluding carboxylic acids is 2. The van der Waals surface area contributed by atoms with Crippen molar-refractivity contribution in [3.63, 3.8) is 0 Å². The Balaban J connectivity index is 2.62. The molecule has 0 aromatic heterocycles. The van der Waals surface area contributed by atoms with E-state index in [4.69, 9.17) is 0 Å². The van der Waals surface area contributed by atoms with Gasteiger partial charge in [-0.15, -0.1) is 0 Å². The van der Waals surface area contributed by atoms with Gasteiger partial charge in [-0.25, -0.2) is 4.39 Å². The molecule has 0 bridgehead atoms. The fourth-order valence-electron chi connectivity index (χ4n) is 1.61. The fraction of sp³-hybridized carbons (Fsp3) is 0.429. The molecule has 1 aromatic rings. The molecule has 1 amide bonds. The second-order valence-corrected chi connectivity index (χ2v) is 5.05. The molecule has 3 nitrogen and oxygen atoms in total. The summed E-state index contributed by atoms with van der Waals surface area (Å²) in [6, 6.07) is 6.20. The van der Waals surface area contributed by atoms with E-state index in [1.807, 2.05) is 13.8 Å². The lowest BCUT2D eigenvalue weighted by Gasteiger charge is -2.25. The van der Waals surface area contributed by atoms with Crippen LogP contribution in [-0.2, 0) is 15.0 Å². The van der Waals surface area contributed by atoms with E-state index in [2.05, 4.69) is 5.32 Å². The molecule has 18 heavy (non-hydrogen) atoms. The predicted octanol–water partition coefficient (Wildman–Crippen LogP) is 2.20. The Morgan fingerprint density at radius 1 is 1.22 bits per heavy atom. The van der Waals surface area contributed by atoms with Crippen LogP contribution in [0.25, 0.3) is 0 Å².